The van der Waals surface area contributed by atoms with E-state index in [1.807, 2.05) is 19.1 Å². The molecule has 80 valence electrons. The summed E-state index contributed by atoms with van der Waals surface area (Å²) in [6.45, 7) is 4.13. The molecule has 1 saturated heterocycles. The third-order valence-electron chi connectivity index (χ3n) is 2.70. The van der Waals surface area contributed by atoms with Crippen LogP contribution in [0, 0.1) is 12.8 Å². The van der Waals surface area contributed by atoms with E-state index in [9.17, 15) is 4.79 Å². The Labute approximate surface area is 89.1 Å². The smallest absolute Gasteiger partial charge is 0.226 e. The van der Waals surface area contributed by atoms with E-state index in [4.69, 9.17) is 0 Å². The molecule has 0 aliphatic carbocycles. The average Bonchev–Trinajstić information content (AvgIpc) is 2.14. The van der Waals surface area contributed by atoms with Crippen molar-refractivity contribution in [3.05, 3.63) is 29.6 Å². The van der Waals surface area contributed by atoms with Gasteiger partial charge in [0.1, 0.15) is 0 Å². The van der Waals surface area contributed by atoms with Gasteiger partial charge < -0.3 is 10.6 Å². The van der Waals surface area contributed by atoms with E-state index in [0.717, 1.165) is 24.3 Å². The zero-order valence-electron chi connectivity index (χ0n) is 8.79. The van der Waals surface area contributed by atoms with Crippen molar-refractivity contribution in [2.45, 2.75) is 13.5 Å². The van der Waals surface area contributed by atoms with E-state index in [1.54, 1.807) is 6.20 Å². The molecule has 1 amide bonds. The largest absolute Gasteiger partial charge is 0.350 e. The minimum absolute atomic E-state index is 0.124. The van der Waals surface area contributed by atoms with Gasteiger partial charge in [0.05, 0.1) is 18.2 Å². The number of rotatable bonds is 3. The zero-order chi connectivity index (χ0) is 10.7. The number of aryl methyl sites for hydroxylation is 1. The van der Waals surface area contributed by atoms with Crippen LogP contribution < -0.4 is 10.6 Å². The van der Waals surface area contributed by atoms with Crippen LogP contribution in [-0.2, 0) is 11.3 Å². The molecule has 2 N–H and O–H groups in total. The molecular weight excluding hydrogens is 190 g/mol. The molecule has 0 aromatic carbocycles. The van der Waals surface area contributed by atoms with Gasteiger partial charge >= 0.3 is 0 Å². The van der Waals surface area contributed by atoms with Crippen molar-refractivity contribution in [1.82, 2.24) is 15.6 Å². The lowest BCUT2D eigenvalue weighted by Gasteiger charge is -2.25. The third kappa shape index (κ3) is 2.33. The van der Waals surface area contributed by atoms with Crippen molar-refractivity contribution < 1.29 is 4.79 Å². The Morgan fingerprint density at radius 2 is 2.47 bits per heavy atom. The van der Waals surface area contributed by atoms with E-state index in [2.05, 4.69) is 15.6 Å². The van der Waals surface area contributed by atoms with Gasteiger partial charge in [-0.25, -0.2) is 0 Å². The average molecular weight is 205 g/mol. The number of hydrogen-bond donors (Lipinski definition) is 2. The lowest BCUT2D eigenvalue weighted by atomic mass is 10.0. The van der Waals surface area contributed by atoms with Crippen LogP contribution in [0.1, 0.15) is 11.3 Å². The van der Waals surface area contributed by atoms with Crippen molar-refractivity contribution in [2.24, 2.45) is 5.92 Å². The van der Waals surface area contributed by atoms with E-state index >= 15 is 0 Å². The highest BCUT2D eigenvalue weighted by Gasteiger charge is 2.24. The molecule has 1 aromatic rings. The van der Waals surface area contributed by atoms with Crippen LogP contribution in [-0.4, -0.2) is 24.0 Å². The van der Waals surface area contributed by atoms with Gasteiger partial charge in [-0.15, -0.1) is 0 Å². The van der Waals surface area contributed by atoms with Gasteiger partial charge in [-0.2, -0.15) is 0 Å². The number of nitrogens with one attached hydrogen (secondary N) is 2. The molecule has 0 saturated carbocycles. The van der Waals surface area contributed by atoms with Crippen LogP contribution in [0.15, 0.2) is 18.3 Å². The van der Waals surface area contributed by atoms with Crippen molar-refractivity contribution in [3.8, 4) is 0 Å². The standard InChI is InChI=1S/C11H15N3O/c1-8-3-2-4-13-10(8)7-14-11(15)9-5-12-6-9/h2-4,9,12H,5-7H2,1H3,(H,14,15). The summed E-state index contributed by atoms with van der Waals surface area (Å²) in [5.41, 5.74) is 2.06. The second-order valence-corrected chi connectivity index (χ2v) is 3.84. The quantitative estimate of drug-likeness (QED) is 0.742. The fourth-order valence-electron chi connectivity index (χ4n) is 1.49. The van der Waals surface area contributed by atoms with Crippen LogP contribution in [0.25, 0.3) is 0 Å². The van der Waals surface area contributed by atoms with E-state index in [1.165, 1.54) is 0 Å². The van der Waals surface area contributed by atoms with Crippen LogP contribution in [0.5, 0.6) is 0 Å². The number of carbonyl (C=O) groups excluding carboxylic acids is 1. The summed E-state index contributed by atoms with van der Waals surface area (Å²) in [5.74, 6) is 0.271. The maximum atomic E-state index is 11.5. The van der Waals surface area contributed by atoms with Gasteiger partial charge in [0.15, 0.2) is 0 Å². The molecule has 4 nitrogen and oxygen atoms in total. The normalized spacial score (nSPS) is 15.8. The summed E-state index contributed by atoms with van der Waals surface area (Å²) in [4.78, 5) is 15.8. The summed E-state index contributed by atoms with van der Waals surface area (Å²) in [5, 5.41) is 5.98. The first-order valence-corrected chi connectivity index (χ1v) is 5.16. The zero-order valence-corrected chi connectivity index (χ0v) is 8.79. The first-order chi connectivity index (χ1) is 7.27. The Kier molecular flexibility index (Phi) is 2.97. The molecule has 0 radical (unpaired) electrons. The fraction of sp³-hybridized carbons (Fsp3) is 0.455. The maximum Gasteiger partial charge on any atom is 0.226 e. The van der Waals surface area contributed by atoms with Gasteiger partial charge in [0.2, 0.25) is 5.91 Å². The second kappa shape index (κ2) is 4.40. The molecule has 2 heterocycles. The first kappa shape index (κ1) is 10.1. The highest BCUT2D eigenvalue weighted by atomic mass is 16.2. The lowest BCUT2D eigenvalue weighted by Crippen LogP contribution is -2.50. The Bertz CT molecular complexity index is 361. The highest BCUT2D eigenvalue weighted by Crippen LogP contribution is 2.05. The molecule has 15 heavy (non-hydrogen) atoms. The Morgan fingerprint density at radius 3 is 3.07 bits per heavy atom. The number of nitrogens with zero attached hydrogens (tertiary/aromatic N) is 1. The van der Waals surface area contributed by atoms with Gasteiger partial charge in [0, 0.05) is 19.3 Å². The highest BCUT2D eigenvalue weighted by molar-refractivity contribution is 5.79. The minimum Gasteiger partial charge on any atom is -0.350 e. The van der Waals surface area contributed by atoms with Crippen LogP contribution >= 0.6 is 0 Å². The van der Waals surface area contributed by atoms with Crippen molar-refractivity contribution >= 4 is 5.91 Å². The van der Waals surface area contributed by atoms with E-state index in [-0.39, 0.29) is 11.8 Å². The van der Waals surface area contributed by atoms with Gasteiger partial charge in [-0.05, 0) is 18.6 Å². The monoisotopic (exact) mass is 205 g/mol. The number of amides is 1. The SMILES string of the molecule is Cc1cccnc1CNC(=O)C1CNC1. The van der Waals surface area contributed by atoms with Crippen molar-refractivity contribution in [1.29, 1.82) is 0 Å². The lowest BCUT2D eigenvalue weighted by molar-refractivity contribution is -0.126. The second-order valence-electron chi connectivity index (χ2n) is 3.84. The molecule has 0 spiro atoms. The Hall–Kier alpha value is -1.42. The Morgan fingerprint density at radius 1 is 1.67 bits per heavy atom. The molecule has 2 rings (SSSR count). The van der Waals surface area contributed by atoms with Gasteiger partial charge in [-0.3, -0.25) is 9.78 Å². The summed E-state index contributed by atoms with van der Waals surface area (Å²) in [6, 6.07) is 3.90. The van der Waals surface area contributed by atoms with E-state index in [0.29, 0.717) is 6.54 Å². The van der Waals surface area contributed by atoms with Crippen molar-refractivity contribution in [2.75, 3.05) is 13.1 Å². The molecule has 1 aliphatic rings. The maximum absolute atomic E-state index is 11.5. The molecule has 0 atom stereocenters. The van der Waals surface area contributed by atoms with Crippen molar-refractivity contribution in [3.63, 3.8) is 0 Å². The predicted molar refractivity (Wildman–Crippen MR) is 57.2 cm³/mol. The summed E-state index contributed by atoms with van der Waals surface area (Å²) >= 11 is 0. The number of aromatic nitrogens is 1. The topological polar surface area (TPSA) is 54.0 Å². The number of pyridine rings is 1. The molecule has 4 heteroatoms. The summed E-state index contributed by atoms with van der Waals surface area (Å²) in [7, 11) is 0. The number of carbonyl (C=O) groups is 1. The fourth-order valence-corrected chi connectivity index (χ4v) is 1.49. The molecule has 0 bridgehead atoms. The molecular formula is C11H15N3O. The molecule has 1 aliphatic heterocycles. The third-order valence-corrected chi connectivity index (χ3v) is 2.70. The summed E-state index contributed by atoms with van der Waals surface area (Å²) in [6.07, 6.45) is 1.75. The molecule has 0 unspecified atom stereocenters. The van der Waals surface area contributed by atoms with Crippen LogP contribution in [0.2, 0.25) is 0 Å². The molecule has 1 aromatic heterocycles. The van der Waals surface area contributed by atoms with Crippen LogP contribution in [0.3, 0.4) is 0 Å². The first-order valence-electron chi connectivity index (χ1n) is 5.16. The van der Waals surface area contributed by atoms with E-state index < -0.39 is 0 Å². The number of hydrogen-bond acceptors (Lipinski definition) is 3. The predicted octanol–water partition coefficient (Wildman–Crippen LogP) is 0.226. The van der Waals surface area contributed by atoms with Crippen LogP contribution in [0.4, 0.5) is 0 Å². The Balaban J connectivity index is 1.87. The van der Waals surface area contributed by atoms with Gasteiger partial charge in [0.25, 0.3) is 0 Å². The van der Waals surface area contributed by atoms with Gasteiger partial charge in [-0.1, -0.05) is 6.07 Å². The molecule has 1 fully saturated rings. The minimum atomic E-state index is 0.124. The summed E-state index contributed by atoms with van der Waals surface area (Å²) < 4.78 is 0.